The molecule has 0 saturated heterocycles. The SMILES string of the molecule is O=C(O)c1cc2cc(Cl)cc(CNC(=O)[C@H]3Cc4ccccc4CN3)c2[nH]c1=O. The Morgan fingerprint density at radius 3 is 2.69 bits per heavy atom. The van der Waals surface area contributed by atoms with Gasteiger partial charge in [-0.1, -0.05) is 35.9 Å². The Morgan fingerprint density at radius 2 is 1.93 bits per heavy atom. The Kier molecular flexibility index (Phi) is 5.08. The highest BCUT2D eigenvalue weighted by molar-refractivity contribution is 6.31. The molecule has 3 aromatic rings. The van der Waals surface area contributed by atoms with Crippen LogP contribution < -0.4 is 16.2 Å². The molecule has 2 aromatic carbocycles. The molecule has 1 aliphatic heterocycles. The zero-order valence-corrected chi connectivity index (χ0v) is 16.0. The summed E-state index contributed by atoms with van der Waals surface area (Å²) in [6.07, 6.45) is 0.594. The van der Waals surface area contributed by atoms with E-state index in [-0.39, 0.29) is 24.1 Å². The highest BCUT2D eigenvalue weighted by atomic mass is 35.5. The molecule has 1 aromatic heterocycles. The van der Waals surface area contributed by atoms with Crippen LogP contribution in [0.4, 0.5) is 0 Å². The third kappa shape index (κ3) is 3.87. The van der Waals surface area contributed by atoms with Crippen LogP contribution in [0.2, 0.25) is 5.02 Å². The van der Waals surface area contributed by atoms with E-state index < -0.39 is 11.5 Å². The van der Waals surface area contributed by atoms with E-state index in [1.807, 2.05) is 24.3 Å². The van der Waals surface area contributed by atoms with Crippen LogP contribution in [-0.4, -0.2) is 28.0 Å². The molecular weight excluding hydrogens is 394 g/mol. The largest absolute Gasteiger partial charge is 0.477 e. The van der Waals surface area contributed by atoms with Gasteiger partial charge in [-0.25, -0.2) is 4.79 Å². The summed E-state index contributed by atoms with van der Waals surface area (Å²) in [6, 6.07) is 12.1. The summed E-state index contributed by atoms with van der Waals surface area (Å²) in [7, 11) is 0. The van der Waals surface area contributed by atoms with E-state index in [4.69, 9.17) is 16.7 Å². The molecule has 1 amide bonds. The van der Waals surface area contributed by atoms with Gasteiger partial charge >= 0.3 is 5.97 Å². The van der Waals surface area contributed by atoms with E-state index >= 15 is 0 Å². The van der Waals surface area contributed by atoms with E-state index in [0.29, 0.717) is 34.5 Å². The number of fused-ring (bicyclic) bond motifs is 2. The van der Waals surface area contributed by atoms with Crippen molar-refractivity contribution in [2.75, 3.05) is 0 Å². The van der Waals surface area contributed by atoms with Gasteiger partial charge in [-0.05, 0) is 41.3 Å². The van der Waals surface area contributed by atoms with Crippen molar-refractivity contribution in [2.45, 2.75) is 25.6 Å². The highest BCUT2D eigenvalue weighted by Gasteiger charge is 2.24. The number of aromatic nitrogens is 1. The summed E-state index contributed by atoms with van der Waals surface area (Å²) in [4.78, 5) is 38.5. The number of hydrogen-bond donors (Lipinski definition) is 4. The molecule has 29 heavy (non-hydrogen) atoms. The van der Waals surface area contributed by atoms with Crippen molar-refractivity contribution in [1.29, 1.82) is 0 Å². The Balaban J connectivity index is 1.55. The molecule has 1 atom stereocenters. The maximum absolute atomic E-state index is 12.7. The molecule has 0 fully saturated rings. The predicted octanol–water partition coefficient (Wildman–Crippen LogP) is 2.21. The maximum Gasteiger partial charge on any atom is 0.341 e. The number of carboxylic acids is 1. The summed E-state index contributed by atoms with van der Waals surface area (Å²) in [5.41, 5.74) is 2.32. The zero-order chi connectivity index (χ0) is 20.5. The standard InChI is InChI=1S/C21H18ClN3O4/c22-15-5-13-7-16(21(28)29)19(26)25-18(13)14(6-15)10-24-20(27)17-8-11-3-1-2-4-12(11)9-23-17/h1-7,17,23H,8-10H2,(H,24,27)(H,25,26)(H,28,29)/t17-/m1/s1. The first-order valence-corrected chi connectivity index (χ1v) is 9.47. The number of hydrogen-bond acceptors (Lipinski definition) is 4. The third-order valence-corrected chi connectivity index (χ3v) is 5.30. The second-order valence-corrected chi connectivity index (χ2v) is 7.41. The van der Waals surface area contributed by atoms with Gasteiger partial charge in [0, 0.05) is 23.5 Å². The minimum absolute atomic E-state index is 0.151. The van der Waals surface area contributed by atoms with E-state index in [0.717, 1.165) is 5.56 Å². The third-order valence-electron chi connectivity index (χ3n) is 5.08. The molecule has 4 rings (SSSR count). The number of pyridine rings is 1. The van der Waals surface area contributed by atoms with Crippen LogP contribution in [0.3, 0.4) is 0 Å². The number of carboxylic acid groups (broad SMARTS) is 1. The van der Waals surface area contributed by atoms with Gasteiger partial charge in [0.25, 0.3) is 5.56 Å². The van der Waals surface area contributed by atoms with Crippen LogP contribution in [0.5, 0.6) is 0 Å². The summed E-state index contributed by atoms with van der Waals surface area (Å²) in [6.45, 7) is 0.776. The summed E-state index contributed by atoms with van der Waals surface area (Å²) in [5.74, 6) is -1.47. The fourth-order valence-corrected chi connectivity index (χ4v) is 3.85. The number of aromatic carboxylic acids is 1. The molecule has 2 heterocycles. The molecular formula is C21H18ClN3O4. The molecule has 0 bridgehead atoms. The number of halogens is 1. The lowest BCUT2D eigenvalue weighted by molar-refractivity contribution is -0.123. The Labute approximate surface area is 170 Å². The Bertz CT molecular complexity index is 1190. The lowest BCUT2D eigenvalue weighted by Gasteiger charge is -2.25. The first-order valence-electron chi connectivity index (χ1n) is 9.09. The van der Waals surface area contributed by atoms with Crippen LogP contribution in [-0.2, 0) is 24.3 Å². The molecule has 0 radical (unpaired) electrons. The van der Waals surface area contributed by atoms with Gasteiger partial charge in [0.1, 0.15) is 5.56 Å². The molecule has 0 saturated carbocycles. The lowest BCUT2D eigenvalue weighted by Crippen LogP contribution is -2.47. The van der Waals surface area contributed by atoms with Gasteiger partial charge in [0.2, 0.25) is 5.91 Å². The number of benzene rings is 2. The van der Waals surface area contributed by atoms with Crippen LogP contribution in [0, 0.1) is 0 Å². The van der Waals surface area contributed by atoms with E-state index in [1.165, 1.54) is 11.6 Å². The minimum Gasteiger partial charge on any atom is -0.477 e. The van der Waals surface area contributed by atoms with Crippen molar-refractivity contribution in [1.82, 2.24) is 15.6 Å². The summed E-state index contributed by atoms with van der Waals surface area (Å²) >= 11 is 6.15. The molecule has 0 aliphatic carbocycles. The smallest absolute Gasteiger partial charge is 0.341 e. The summed E-state index contributed by atoms with van der Waals surface area (Å²) < 4.78 is 0. The Morgan fingerprint density at radius 1 is 1.17 bits per heavy atom. The molecule has 8 heteroatoms. The zero-order valence-electron chi connectivity index (χ0n) is 15.3. The molecule has 7 nitrogen and oxygen atoms in total. The van der Waals surface area contributed by atoms with Gasteiger partial charge in [-0.15, -0.1) is 0 Å². The van der Waals surface area contributed by atoms with Crippen molar-refractivity contribution in [2.24, 2.45) is 0 Å². The monoisotopic (exact) mass is 411 g/mol. The molecule has 1 aliphatic rings. The number of rotatable bonds is 4. The quantitative estimate of drug-likeness (QED) is 0.526. The average Bonchev–Trinajstić information content (AvgIpc) is 2.71. The fraction of sp³-hybridized carbons (Fsp3) is 0.190. The lowest BCUT2D eigenvalue weighted by atomic mass is 9.95. The molecule has 148 valence electrons. The van der Waals surface area contributed by atoms with Crippen LogP contribution in [0.1, 0.15) is 27.0 Å². The second kappa shape index (κ2) is 7.69. The number of carbonyl (C=O) groups is 2. The van der Waals surface area contributed by atoms with Gasteiger partial charge in [-0.3, -0.25) is 9.59 Å². The average molecular weight is 412 g/mol. The number of amides is 1. The number of aromatic amines is 1. The van der Waals surface area contributed by atoms with Crippen molar-refractivity contribution in [3.63, 3.8) is 0 Å². The number of carbonyl (C=O) groups excluding carboxylic acids is 1. The van der Waals surface area contributed by atoms with Gasteiger partial charge in [0.05, 0.1) is 11.6 Å². The number of H-pyrrole nitrogens is 1. The molecule has 0 unspecified atom stereocenters. The normalized spacial score (nSPS) is 15.7. The van der Waals surface area contributed by atoms with Crippen molar-refractivity contribution in [3.8, 4) is 0 Å². The molecule has 4 N–H and O–H groups in total. The minimum atomic E-state index is -1.31. The van der Waals surface area contributed by atoms with Crippen LogP contribution >= 0.6 is 11.6 Å². The highest BCUT2D eigenvalue weighted by Crippen LogP contribution is 2.23. The van der Waals surface area contributed by atoms with Crippen LogP contribution in [0.15, 0.2) is 47.3 Å². The summed E-state index contributed by atoms with van der Waals surface area (Å²) in [5, 5.41) is 16.1. The Hall–Kier alpha value is -3.16. The van der Waals surface area contributed by atoms with E-state index in [2.05, 4.69) is 15.6 Å². The first-order chi connectivity index (χ1) is 13.9. The first kappa shape index (κ1) is 19.2. The second-order valence-electron chi connectivity index (χ2n) is 6.97. The molecule has 0 spiro atoms. The van der Waals surface area contributed by atoms with E-state index in [1.54, 1.807) is 12.1 Å². The maximum atomic E-state index is 12.7. The van der Waals surface area contributed by atoms with Crippen LogP contribution in [0.25, 0.3) is 10.9 Å². The predicted molar refractivity (Wildman–Crippen MR) is 109 cm³/mol. The van der Waals surface area contributed by atoms with Gasteiger partial charge in [0.15, 0.2) is 0 Å². The topological polar surface area (TPSA) is 111 Å². The van der Waals surface area contributed by atoms with Gasteiger partial charge in [-0.2, -0.15) is 0 Å². The van der Waals surface area contributed by atoms with Crippen molar-refractivity contribution in [3.05, 3.63) is 80.1 Å². The fourth-order valence-electron chi connectivity index (χ4n) is 3.60. The number of nitrogens with one attached hydrogen (secondary N) is 3. The van der Waals surface area contributed by atoms with Crippen molar-refractivity contribution >= 4 is 34.4 Å². The van der Waals surface area contributed by atoms with E-state index in [9.17, 15) is 14.4 Å². The van der Waals surface area contributed by atoms with Gasteiger partial charge < -0.3 is 20.7 Å². The van der Waals surface area contributed by atoms with Crippen molar-refractivity contribution < 1.29 is 14.7 Å².